The summed E-state index contributed by atoms with van der Waals surface area (Å²) < 4.78 is 4.93. The van der Waals surface area contributed by atoms with Crippen LogP contribution in [0.2, 0.25) is 5.02 Å². The minimum Gasteiger partial charge on any atom is -0.408 e. The second kappa shape index (κ2) is 6.34. The van der Waals surface area contributed by atoms with E-state index in [1.54, 1.807) is 47.4 Å². The molecule has 1 aliphatic rings. The van der Waals surface area contributed by atoms with Gasteiger partial charge in [0.1, 0.15) is 0 Å². The van der Waals surface area contributed by atoms with Gasteiger partial charge in [0.15, 0.2) is 5.58 Å². The summed E-state index contributed by atoms with van der Waals surface area (Å²) in [6, 6.07) is 11.8. The van der Waals surface area contributed by atoms with Gasteiger partial charge in [0.25, 0.3) is 0 Å². The van der Waals surface area contributed by atoms with Crippen molar-refractivity contribution in [2.24, 2.45) is 5.92 Å². The number of H-pyrrole nitrogens is 1. The molecule has 7 nitrogen and oxygen atoms in total. The number of halogens is 1. The van der Waals surface area contributed by atoms with Gasteiger partial charge in [-0.3, -0.25) is 14.6 Å². The highest BCUT2D eigenvalue weighted by Gasteiger charge is 2.35. The lowest BCUT2D eigenvalue weighted by Gasteiger charge is -2.17. The largest absolute Gasteiger partial charge is 0.417 e. The molecule has 2 N–H and O–H groups in total. The highest BCUT2D eigenvalue weighted by atomic mass is 35.5. The summed E-state index contributed by atoms with van der Waals surface area (Å²) in [7, 11) is 0. The smallest absolute Gasteiger partial charge is 0.408 e. The maximum absolute atomic E-state index is 12.5. The van der Waals surface area contributed by atoms with Crippen LogP contribution in [0.3, 0.4) is 0 Å². The van der Waals surface area contributed by atoms with Crippen molar-refractivity contribution in [1.82, 2.24) is 4.98 Å². The summed E-state index contributed by atoms with van der Waals surface area (Å²) in [6.45, 7) is 0.287. The van der Waals surface area contributed by atoms with Gasteiger partial charge in [-0.25, -0.2) is 4.79 Å². The van der Waals surface area contributed by atoms with Crippen LogP contribution in [0.25, 0.3) is 11.1 Å². The molecule has 0 bridgehead atoms. The number of nitrogens with zero attached hydrogens (tertiary/aromatic N) is 1. The number of hydrogen-bond acceptors (Lipinski definition) is 4. The fraction of sp³-hybridized carbons (Fsp3) is 0.167. The van der Waals surface area contributed by atoms with Gasteiger partial charge in [-0.05, 0) is 36.4 Å². The lowest BCUT2D eigenvalue weighted by Crippen LogP contribution is -2.28. The number of carbonyl (C=O) groups excluding carboxylic acids is 2. The molecule has 1 aliphatic heterocycles. The monoisotopic (exact) mass is 371 g/mol. The van der Waals surface area contributed by atoms with E-state index in [0.717, 1.165) is 0 Å². The molecule has 0 aliphatic carbocycles. The Bertz CT molecular complexity index is 1070. The summed E-state index contributed by atoms with van der Waals surface area (Å²) in [5.41, 5.74) is 2.11. The van der Waals surface area contributed by atoms with E-state index < -0.39 is 11.7 Å². The minimum absolute atomic E-state index is 0.123. The predicted molar refractivity (Wildman–Crippen MR) is 97.4 cm³/mol. The van der Waals surface area contributed by atoms with Gasteiger partial charge in [-0.15, -0.1) is 0 Å². The summed E-state index contributed by atoms with van der Waals surface area (Å²) in [4.78, 5) is 40.1. The first-order valence-corrected chi connectivity index (χ1v) is 8.37. The van der Waals surface area contributed by atoms with Gasteiger partial charge >= 0.3 is 5.76 Å². The molecule has 4 rings (SSSR count). The number of oxazole rings is 1. The first kappa shape index (κ1) is 16.4. The molecule has 2 aromatic carbocycles. The zero-order valence-electron chi connectivity index (χ0n) is 13.5. The Morgan fingerprint density at radius 2 is 2.08 bits per heavy atom. The van der Waals surface area contributed by atoms with Gasteiger partial charge in [0, 0.05) is 29.4 Å². The number of aromatic nitrogens is 1. The van der Waals surface area contributed by atoms with Gasteiger partial charge in [0.05, 0.1) is 11.4 Å². The van der Waals surface area contributed by atoms with Crippen LogP contribution < -0.4 is 16.0 Å². The quantitative estimate of drug-likeness (QED) is 0.740. The van der Waals surface area contributed by atoms with Crippen molar-refractivity contribution < 1.29 is 14.0 Å². The molecule has 0 radical (unpaired) electrons. The Labute approximate surface area is 152 Å². The molecule has 1 atom stereocenters. The average Bonchev–Trinajstić information content (AvgIpc) is 3.16. The fourth-order valence-electron chi connectivity index (χ4n) is 3.05. The molecule has 1 saturated heterocycles. The Morgan fingerprint density at radius 3 is 2.88 bits per heavy atom. The molecule has 1 fully saturated rings. The molecule has 132 valence electrons. The van der Waals surface area contributed by atoms with Gasteiger partial charge in [0.2, 0.25) is 11.8 Å². The highest BCUT2D eigenvalue weighted by Crippen LogP contribution is 2.28. The molecule has 3 aromatic rings. The molecule has 0 spiro atoms. The van der Waals surface area contributed by atoms with E-state index in [1.165, 1.54) is 0 Å². The molecule has 1 aromatic heterocycles. The number of aromatic amines is 1. The lowest BCUT2D eigenvalue weighted by atomic mass is 10.1. The van der Waals surface area contributed by atoms with E-state index in [-0.39, 0.29) is 24.8 Å². The number of rotatable bonds is 3. The van der Waals surface area contributed by atoms with Crippen LogP contribution in [-0.2, 0) is 9.59 Å². The Hall–Kier alpha value is -3.06. The summed E-state index contributed by atoms with van der Waals surface area (Å²) in [5.74, 6) is -1.40. The number of anilines is 2. The van der Waals surface area contributed by atoms with E-state index in [9.17, 15) is 14.4 Å². The maximum Gasteiger partial charge on any atom is 0.417 e. The van der Waals surface area contributed by atoms with Crippen molar-refractivity contribution in [2.45, 2.75) is 6.42 Å². The molecule has 0 saturated carbocycles. The number of benzene rings is 2. The van der Waals surface area contributed by atoms with Crippen molar-refractivity contribution in [2.75, 3.05) is 16.8 Å². The van der Waals surface area contributed by atoms with Crippen LogP contribution in [0, 0.1) is 5.92 Å². The van der Waals surface area contributed by atoms with Crippen molar-refractivity contribution in [1.29, 1.82) is 0 Å². The van der Waals surface area contributed by atoms with Gasteiger partial charge < -0.3 is 14.6 Å². The van der Waals surface area contributed by atoms with E-state index in [0.29, 0.717) is 27.5 Å². The van der Waals surface area contributed by atoms with E-state index in [4.69, 9.17) is 16.0 Å². The van der Waals surface area contributed by atoms with Crippen LogP contribution in [0.4, 0.5) is 11.4 Å². The predicted octanol–water partition coefficient (Wildman–Crippen LogP) is 2.77. The number of hydrogen-bond donors (Lipinski definition) is 2. The van der Waals surface area contributed by atoms with Crippen molar-refractivity contribution in [3.8, 4) is 0 Å². The van der Waals surface area contributed by atoms with Crippen molar-refractivity contribution >= 4 is 45.9 Å². The first-order chi connectivity index (χ1) is 12.5. The number of carbonyl (C=O) groups is 2. The van der Waals surface area contributed by atoms with Crippen molar-refractivity contribution in [3.63, 3.8) is 0 Å². The second-order valence-corrected chi connectivity index (χ2v) is 6.54. The van der Waals surface area contributed by atoms with Crippen LogP contribution in [0.15, 0.2) is 51.7 Å². The SMILES string of the molecule is O=C(Nc1ccc2oc(=O)[nH]c2c1)C1CC(=O)N(c2cccc(Cl)c2)C1. The Morgan fingerprint density at radius 1 is 1.23 bits per heavy atom. The molecule has 2 amide bonds. The van der Waals surface area contributed by atoms with E-state index in [1.807, 2.05) is 0 Å². The molecular weight excluding hydrogens is 358 g/mol. The van der Waals surface area contributed by atoms with Crippen LogP contribution in [-0.4, -0.2) is 23.3 Å². The molecule has 8 heteroatoms. The number of fused-ring (bicyclic) bond motifs is 1. The van der Waals surface area contributed by atoms with Gasteiger partial charge in [-0.2, -0.15) is 0 Å². The van der Waals surface area contributed by atoms with Crippen LogP contribution >= 0.6 is 11.6 Å². The zero-order chi connectivity index (χ0) is 18.3. The van der Waals surface area contributed by atoms with Gasteiger partial charge in [-0.1, -0.05) is 17.7 Å². The van der Waals surface area contributed by atoms with Crippen LogP contribution in [0.1, 0.15) is 6.42 Å². The maximum atomic E-state index is 12.5. The third kappa shape index (κ3) is 3.09. The Kier molecular flexibility index (Phi) is 4.00. The number of amides is 2. The lowest BCUT2D eigenvalue weighted by molar-refractivity contribution is -0.122. The van der Waals surface area contributed by atoms with E-state index in [2.05, 4.69) is 10.3 Å². The highest BCUT2D eigenvalue weighted by molar-refractivity contribution is 6.31. The zero-order valence-corrected chi connectivity index (χ0v) is 14.2. The third-order valence-corrected chi connectivity index (χ3v) is 4.54. The second-order valence-electron chi connectivity index (χ2n) is 6.10. The standard InChI is InChI=1S/C18H14ClN3O4/c19-11-2-1-3-13(7-11)22-9-10(6-16(22)23)17(24)20-12-4-5-15-14(8-12)21-18(25)26-15/h1-5,7-8,10H,6,9H2,(H,20,24)(H,21,25). The third-order valence-electron chi connectivity index (χ3n) is 4.30. The average molecular weight is 372 g/mol. The fourth-order valence-corrected chi connectivity index (χ4v) is 3.24. The molecule has 1 unspecified atom stereocenters. The normalized spacial score (nSPS) is 17.0. The summed E-state index contributed by atoms with van der Waals surface area (Å²) in [6.07, 6.45) is 0.128. The molecule has 2 heterocycles. The minimum atomic E-state index is -0.554. The number of nitrogens with one attached hydrogen (secondary N) is 2. The topological polar surface area (TPSA) is 95.4 Å². The summed E-state index contributed by atoms with van der Waals surface area (Å²) in [5, 5.41) is 3.31. The molecule has 26 heavy (non-hydrogen) atoms. The van der Waals surface area contributed by atoms with Crippen molar-refractivity contribution in [3.05, 3.63) is 58.0 Å². The Balaban J connectivity index is 1.49. The molecular formula is C18H14ClN3O4. The first-order valence-electron chi connectivity index (χ1n) is 7.99. The summed E-state index contributed by atoms with van der Waals surface area (Å²) >= 11 is 5.98. The van der Waals surface area contributed by atoms with E-state index >= 15 is 0 Å². The van der Waals surface area contributed by atoms with Crippen LogP contribution in [0.5, 0.6) is 0 Å².